The van der Waals surface area contributed by atoms with Gasteiger partial charge in [0.2, 0.25) is 13.9 Å². The SMILES string of the molecule is C[Si](C)(C)[Si](F)([Si](C)(C)C)[Si](F)([Si](C)(C)C)[Si](C)(C)C. The quantitative estimate of drug-likeness (QED) is 0.428. The Hall–Kier alpha value is 1.16. The van der Waals surface area contributed by atoms with Gasteiger partial charge in [-0.25, -0.2) is 0 Å². The molecular formula is C12H36F2Si6. The molecule has 0 N–H and O–H groups in total. The van der Waals surface area contributed by atoms with E-state index < -0.39 is 44.3 Å². The van der Waals surface area contributed by atoms with Crippen LogP contribution in [-0.4, -0.2) is 44.3 Å². The van der Waals surface area contributed by atoms with E-state index in [1.54, 1.807) is 0 Å². The van der Waals surface area contributed by atoms with Crippen molar-refractivity contribution in [2.45, 2.75) is 78.6 Å². The van der Waals surface area contributed by atoms with E-state index in [0.717, 1.165) is 0 Å². The highest BCUT2D eigenvalue weighted by atomic mass is 30.2. The predicted octanol–water partition coefficient (Wildman–Crippen LogP) is 5.56. The van der Waals surface area contributed by atoms with Crippen molar-refractivity contribution in [1.29, 1.82) is 0 Å². The molecule has 0 saturated carbocycles. The molecule has 0 atom stereocenters. The Morgan fingerprint density at radius 3 is 0.500 bits per heavy atom. The molecule has 0 heterocycles. The first-order valence-corrected chi connectivity index (χ1v) is 30.4. The number of rotatable bonds is 5. The van der Waals surface area contributed by atoms with Crippen molar-refractivity contribution >= 4 is 44.3 Å². The molecule has 0 bridgehead atoms. The summed E-state index contributed by atoms with van der Waals surface area (Å²) in [5.74, 6) is 0. The highest BCUT2D eigenvalue weighted by Crippen LogP contribution is 2.46. The van der Waals surface area contributed by atoms with E-state index in [4.69, 9.17) is 0 Å². The third-order valence-corrected chi connectivity index (χ3v) is 117. The molecule has 0 aromatic rings. The average molecular weight is 387 g/mol. The maximum atomic E-state index is 16.9. The van der Waals surface area contributed by atoms with Gasteiger partial charge < -0.3 is 8.22 Å². The van der Waals surface area contributed by atoms with Crippen LogP contribution in [-0.2, 0) is 0 Å². The Kier molecular flexibility index (Phi) is 5.67. The van der Waals surface area contributed by atoms with Gasteiger partial charge in [0.25, 0.3) is 0 Å². The van der Waals surface area contributed by atoms with Crippen LogP contribution in [0.5, 0.6) is 0 Å². The molecule has 0 aromatic carbocycles. The summed E-state index contributed by atoms with van der Waals surface area (Å²) in [6, 6.07) is 0. The first-order chi connectivity index (χ1) is 8.25. The van der Waals surface area contributed by atoms with Gasteiger partial charge in [-0.3, -0.25) is 0 Å². The Balaban J connectivity index is 6.71. The smallest absolute Gasteiger partial charge is 0.239 e. The summed E-state index contributed by atoms with van der Waals surface area (Å²) in [4.78, 5) is 0. The molecule has 122 valence electrons. The van der Waals surface area contributed by atoms with E-state index in [9.17, 15) is 0 Å². The Morgan fingerprint density at radius 1 is 0.350 bits per heavy atom. The highest BCUT2D eigenvalue weighted by molar-refractivity contribution is 8.06. The fourth-order valence-corrected chi connectivity index (χ4v) is 198. The van der Waals surface area contributed by atoms with E-state index in [0.29, 0.717) is 0 Å². The standard InChI is InChI=1S/C12H36F2Si6/c1-15(2,3)19(13,16(4,5)6)20(14,17(7,8)9)18(10,11)12/h1-12H3. The van der Waals surface area contributed by atoms with Gasteiger partial charge in [-0.2, -0.15) is 0 Å². The first-order valence-electron chi connectivity index (χ1n) is 7.63. The second-order valence-electron chi connectivity index (χ2n) is 10.3. The summed E-state index contributed by atoms with van der Waals surface area (Å²) in [6.45, 7) is 18.9. The summed E-state index contributed by atoms with van der Waals surface area (Å²) in [5.41, 5.74) is 0. The molecule has 0 rings (SSSR count). The van der Waals surface area contributed by atoms with Gasteiger partial charge >= 0.3 is 0 Å². The Morgan fingerprint density at radius 2 is 0.450 bits per heavy atom. The normalized spacial score (nSPS) is 16.5. The van der Waals surface area contributed by atoms with Crippen LogP contribution in [0.25, 0.3) is 0 Å². The minimum Gasteiger partial charge on any atom is -0.322 e. The van der Waals surface area contributed by atoms with Crippen molar-refractivity contribution in [2.24, 2.45) is 0 Å². The van der Waals surface area contributed by atoms with E-state index >= 15 is 8.22 Å². The van der Waals surface area contributed by atoms with E-state index in [-0.39, 0.29) is 0 Å². The summed E-state index contributed by atoms with van der Waals surface area (Å²) in [5, 5.41) is 0. The third kappa shape index (κ3) is 2.97. The van der Waals surface area contributed by atoms with Crippen molar-refractivity contribution in [3.05, 3.63) is 0 Å². The summed E-state index contributed by atoms with van der Waals surface area (Å²) in [7, 11) is -8.44. The van der Waals surface area contributed by atoms with Gasteiger partial charge in [0, 0.05) is 0 Å². The number of halogens is 2. The lowest BCUT2D eigenvalue weighted by molar-refractivity contribution is 0.809. The van der Waals surface area contributed by atoms with Crippen molar-refractivity contribution in [3.63, 3.8) is 0 Å². The minimum atomic E-state index is -3.30. The van der Waals surface area contributed by atoms with Gasteiger partial charge in [-0.05, 0) is 0 Å². The minimum absolute atomic E-state index is 2.11. The van der Waals surface area contributed by atoms with Crippen LogP contribution in [0.4, 0.5) is 8.22 Å². The zero-order chi connectivity index (χ0) is 17.0. The van der Waals surface area contributed by atoms with E-state index in [1.165, 1.54) is 0 Å². The fraction of sp³-hybridized carbons (Fsp3) is 1.00. The molecule has 0 radical (unpaired) electrons. The highest BCUT2D eigenvalue weighted by Gasteiger charge is 2.79. The lowest BCUT2D eigenvalue weighted by Crippen LogP contribution is -2.93. The molecule has 8 heteroatoms. The largest absolute Gasteiger partial charge is 0.322 e. The molecule has 0 amide bonds. The van der Waals surface area contributed by atoms with Gasteiger partial charge in [-0.15, -0.1) is 0 Å². The van der Waals surface area contributed by atoms with Crippen LogP contribution in [0.2, 0.25) is 78.6 Å². The van der Waals surface area contributed by atoms with Gasteiger partial charge in [0.05, 0.1) is 30.4 Å². The summed E-state index contributed by atoms with van der Waals surface area (Å²) in [6.07, 6.45) is 0. The van der Waals surface area contributed by atoms with Crippen molar-refractivity contribution in [1.82, 2.24) is 0 Å². The van der Waals surface area contributed by atoms with Crippen LogP contribution in [0.15, 0.2) is 0 Å². The lowest BCUT2D eigenvalue weighted by Gasteiger charge is -2.58. The van der Waals surface area contributed by atoms with Crippen molar-refractivity contribution in [2.75, 3.05) is 0 Å². The van der Waals surface area contributed by atoms with Gasteiger partial charge in [0.15, 0.2) is 0 Å². The molecule has 0 aliphatic rings. The first kappa shape index (κ1) is 21.2. The van der Waals surface area contributed by atoms with Gasteiger partial charge in [-0.1, -0.05) is 78.6 Å². The molecule has 0 saturated heterocycles. The second-order valence-corrected chi connectivity index (χ2v) is 70.4. The maximum Gasteiger partial charge on any atom is 0.239 e. The number of hydrogen-bond acceptors (Lipinski definition) is 0. The van der Waals surface area contributed by atoms with Crippen LogP contribution in [0.1, 0.15) is 0 Å². The van der Waals surface area contributed by atoms with Crippen LogP contribution >= 0.6 is 0 Å². The Labute approximate surface area is 131 Å². The number of hydrogen-bond donors (Lipinski definition) is 0. The molecule has 20 heavy (non-hydrogen) atoms. The molecule has 0 unspecified atom stereocenters. The maximum absolute atomic E-state index is 16.9. The van der Waals surface area contributed by atoms with Gasteiger partial charge in [0.1, 0.15) is 0 Å². The topological polar surface area (TPSA) is 0 Å². The molecule has 0 aliphatic carbocycles. The zero-order valence-corrected chi connectivity index (χ0v) is 21.8. The molecule has 0 nitrogen and oxygen atoms in total. The second kappa shape index (κ2) is 5.36. The third-order valence-electron chi connectivity index (χ3n) is 4.61. The molecule has 0 aromatic heterocycles. The molecule has 0 aliphatic heterocycles. The van der Waals surface area contributed by atoms with Crippen LogP contribution in [0, 0.1) is 0 Å². The lowest BCUT2D eigenvalue weighted by atomic mass is 11.8. The van der Waals surface area contributed by atoms with Crippen molar-refractivity contribution in [3.8, 4) is 0 Å². The Bertz CT molecular complexity index is 292. The summed E-state index contributed by atoms with van der Waals surface area (Å²) >= 11 is 0. The van der Waals surface area contributed by atoms with E-state index in [1.807, 2.05) is 0 Å². The van der Waals surface area contributed by atoms with E-state index in [2.05, 4.69) is 78.6 Å². The molecule has 0 spiro atoms. The average Bonchev–Trinajstić information content (AvgIpc) is 2.07. The van der Waals surface area contributed by atoms with Crippen LogP contribution in [0.3, 0.4) is 0 Å². The molecule has 0 fully saturated rings. The fourth-order valence-electron chi connectivity index (χ4n) is 4.32. The van der Waals surface area contributed by atoms with Crippen LogP contribution < -0.4 is 0 Å². The summed E-state index contributed by atoms with van der Waals surface area (Å²) < 4.78 is 33.7. The van der Waals surface area contributed by atoms with Crippen molar-refractivity contribution < 1.29 is 8.22 Å². The monoisotopic (exact) mass is 386 g/mol. The predicted molar refractivity (Wildman–Crippen MR) is 107 cm³/mol. The molecular weight excluding hydrogens is 351 g/mol. The zero-order valence-electron chi connectivity index (χ0n) is 15.8.